The fourth-order valence-corrected chi connectivity index (χ4v) is 2.51. The van der Waals surface area contributed by atoms with Gasteiger partial charge in [-0.1, -0.05) is 9.95 Å². The van der Waals surface area contributed by atoms with Crippen LogP contribution in [0.2, 0.25) is 0 Å². The van der Waals surface area contributed by atoms with Crippen LogP contribution in [0.15, 0.2) is 12.1 Å². The van der Waals surface area contributed by atoms with Gasteiger partial charge in [0.2, 0.25) is 0 Å². The Bertz CT molecular complexity index is 796. The molecule has 0 atom stereocenters. The number of hydrogen-bond donors (Lipinski definition) is 0. The molecular weight excluding hydrogens is 383 g/mol. The molecule has 0 bridgehead atoms. The zero-order chi connectivity index (χ0) is 20.8. The van der Waals surface area contributed by atoms with Crippen LogP contribution in [0.4, 0.5) is 3.89 Å². The summed E-state index contributed by atoms with van der Waals surface area (Å²) in [7, 11) is -4.05. The molecule has 0 amide bonds. The number of halogens is 1. The number of ether oxygens (including phenoxy) is 3. The molecule has 0 aromatic heterocycles. The topological polar surface area (TPSA) is 105 Å². The van der Waals surface area contributed by atoms with Crippen molar-refractivity contribution in [2.45, 2.75) is 46.3 Å². The first-order valence-corrected chi connectivity index (χ1v) is 9.24. The van der Waals surface area contributed by atoms with Gasteiger partial charge in [-0.05, 0) is 50.5 Å². The van der Waals surface area contributed by atoms with E-state index in [2.05, 4.69) is 8.92 Å². The fourth-order valence-electron chi connectivity index (χ4n) is 2.12. The van der Waals surface area contributed by atoms with E-state index in [1.165, 1.54) is 20.1 Å². The van der Waals surface area contributed by atoms with E-state index in [9.17, 15) is 21.9 Å². The van der Waals surface area contributed by atoms with Crippen LogP contribution >= 0.6 is 0 Å². The Hall–Kier alpha value is -2.20. The molecule has 1 aromatic carbocycles. The number of rotatable bonds is 8. The summed E-state index contributed by atoms with van der Waals surface area (Å²) in [6.45, 7) is 6.16. The number of carbonyl (C=O) groups excluding carboxylic acids is 2. The van der Waals surface area contributed by atoms with E-state index in [1.807, 2.05) is 0 Å². The molecule has 1 aromatic rings. The minimum Gasteiger partial charge on any atom is -0.469 e. The summed E-state index contributed by atoms with van der Waals surface area (Å²) in [4.78, 5) is 23.2. The monoisotopic (exact) mass is 406 g/mol. The number of benzene rings is 1. The lowest BCUT2D eigenvalue weighted by atomic mass is 10.0. The van der Waals surface area contributed by atoms with E-state index in [0.29, 0.717) is 11.1 Å². The van der Waals surface area contributed by atoms with Crippen molar-refractivity contribution in [1.82, 2.24) is 0 Å². The Kier molecular flexibility index (Phi) is 7.73. The molecular formula is C17H23FO8S. The van der Waals surface area contributed by atoms with Gasteiger partial charge >= 0.3 is 22.4 Å². The molecule has 152 valence electrons. The van der Waals surface area contributed by atoms with E-state index in [1.54, 1.807) is 26.8 Å². The van der Waals surface area contributed by atoms with Crippen LogP contribution in [-0.2, 0) is 47.3 Å². The summed E-state index contributed by atoms with van der Waals surface area (Å²) in [5.74, 6) is -1.43. The average molecular weight is 406 g/mol. The highest BCUT2D eigenvalue weighted by Crippen LogP contribution is 2.27. The molecule has 10 heteroatoms. The quantitative estimate of drug-likeness (QED) is 0.478. The number of esters is 2. The van der Waals surface area contributed by atoms with Crippen LogP contribution < -0.4 is 4.18 Å². The summed E-state index contributed by atoms with van der Waals surface area (Å²) < 4.78 is 53.8. The van der Waals surface area contributed by atoms with E-state index < -0.39 is 28.0 Å². The maximum Gasteiger partial charge on any atom is 0.488 e. The maximum atomic E-state index is 12.9. The molecule has 0 aliphatic rings. The Morgan fingerprint density at radius 1 is 1.15 bits per heavy atom. The minimum atomic E-state index is -5.25. The highest BCUT2D eigenvalue weighted by molar-refractivity contribution is 7.81. The van der Waals surface area contributed by atoms with Gasteiger partial charge in [-0.25, -0.2) is 4.79 Å². The molecule has 0 heterocycles. The lowest BCUT2D eigenvalue weighted by Crippen LogP contribution is -2.26. The van der Waals surface area contributed by atoms with Crippen molar-refractivity contribution >= 4 is 22.4 Å². The van der Waals surface area contributed by atoms with Crippen molar-refractivity contribution in [1.29, 1.82) is 0 Å². The Morgan fingerprint density at radius 3 is 2.30 bits per heavy atom. The van der Waals surface area contributed by atoms with E-state index in [0.717, 1.165) is 0 Å². The van der Waals surface area contributed by atoms with Crippen molar-refractivity contribution in [3.63, 3.8) is 0 Å². The molecule has 0 saturated carbocycles. The van der Waals surface area contributed by atoms with Crippen molar-refractivity contribution in [2.24, 2.45) is 0 Å². The van der Waals surface area contributed by atoms with Crippen molar-refractivity contribution in [2.75, 3.05) is 13.7 Å². The number of methoxy groups -OCH3 is 1. The second-order valence-electron chi connectivity index (χ2n) is 6.69. The van der Waals surface area contributed by atoms with Gasteiger partial charge in [0.05, 0.1) is 20.1 Å². The van der Waals surface area contributed by atoms with Crippen molar-refractivity contribution in [3.05, 3.63) is 28.8 Å². The molecule has 0 unspecified atom stereocenters. The molecule has 0 aliphatic heterocycles. The summed E-state index contributed by atoms with van der Waals surface area (Å²) >= 11 is 0. The standard InChI is InChI=1S/C17H23FO8S/c1-11-13(8-15(19)23-5)6-12(7-14(11)26-27(18,21)22)9-24-10-16(20)25-17(2,3)4/h6-7H,8-10H2,1-5H3. The number of hydrogen-bond acceptors (Lipinski definition) is 8. The molecule has 0 N–H and O–H groups in total. The van der Waals surface area contributed by atoms with E-state index in [4.69, 9.17) is 9.47 Å². The Morgan fingerprint density at radius 2 is 1.78 bits per heavy atom. The van der Waals surface area contributed by atoms with Gasteiger partial charge in [0.1, 0.15) is 18.0 Å². The number of carbonyl (C=O) groups is 2. The summed E-state index contributed by atoms with van der Waals surface area (Å²) in [5.41, 5.74) is 0.354. The van der Waals surface area contributed by atoms with Gasteiger partial charge in [0, 0.05) is 0 Å². The molecule has 0 spiro atoms. The van der Waals surface area contributed by atoms with Crippen molar-refractivity contribution in [3.8, 4) is 5.75 Å². The van der Waals surface area contributed by atoms with Gasteiger partial charge in [0.15, 0.2) is 0 Å². The lowest BCUT2D eigenvalue weighted by molar-refractivity contribution is -0.160. The largest absolute Gasteiger partial charge is 0.488 e. The zero-order valence-corrected chi connectivity index (χ0v) is 16.6. The lowest BCUT2D eigenvalue weighted by Gasteiger charge is -2.19. The molecule has 0 radical (unpaired) electrons. The Labute approximate surface area is 158 Å². The van der Waals surface area contributed by atoms with E-state index >= 15 is 0 Å². The summed E-state index contributed by atoms with van der Waals surface area (Å²) in [6.07, 6.45) is -0.176. The molecule has 27 heavy (non-hydrogen) atoms. The highest BCUT2D eigenvalue weighted by Gasteiger charge is 2.19. The van der Waals surface area contributed by atoms with E-state index in [-0.39, 0.29) is 30.9 Å². The van der Waals surface area contributed by atoms with Crippen LogP contribution in [0.1, 0.15) is 37.5 Å². The normalized spacial score (nSPS) is 11.8. The smallest absolute Gasteiger partial charge is 0.469 e. The van der Waals surface area contributed by atoms with Gasteiger partial charge in [-0.2, -0.15) is 8.42 Å². The molecule has 0 fully saturated rings. The predicted octanol–water partition coefficient (Wildman–Crippen LogP) is 2.16. The second kappa shape index (κ2) is 9.14. The first kappa shape index (κ1) is 22.8. The average Bonchev–Trinajstić information content (AvgIpc) is 2.48. The second-order valence-corrected chi connectivity index (χ2v) is 7.64. The minimum absolute atomic E-state index is 0.115. The van der Waals surface area contributed by atoms with Crippen molar-refractivity contribution < 1.29 is 40.3 Å². The van der Waals surface area contributed by atoms with Gasteiger partial charge < -0.3 is 18.4 Å². The highest BCUT2D eigenvalue weighted by atomic mass is 32.3. The third-order valence-corrected chi connectivity index (χ3v) is 3.57. The van der Waals surface area contributed by atoms with Crippen LogP contribution in [0.3, 0.4) is 0 Å². The molecule has 0 aliphatic carbocycles. The Balaban J connectivity index is 2.97. The SMILES string of the molecule is COC(=O)Cc1cc(COCC(=O)OC(C)(C)C)cc(OS(=O)(=O)F)c1C. The third kappa shape index (κ3) is 8.83. The van der Waals surface area contributed by atoms with Crippen LogP contribution in [0.25, 0.3) is 0 Å². The van der Waals surface area contributed by atoms with Gasteiger partial charge in [-0.15, -0.1) is 0 Å². The van der Waals surface area contributed by atoms with Crippen LogP contribution in [-0.4, -0.2) is 39.7 Å². The van der Waals surface area contributed by atoms with Gasteiger partial charge in [0.25, 0.3) is 0 Å². The van der Waals surface area contributed by atoms with Crippen LogP contribution in [0.5, 0.6) is 5.75 Å². The first-order valence-electron chi connectivity index (χ1n) is 7.93. The summed E-state index contributed by atoms with van der Waals surface area (Å²) in [5, 5.41) is 0. The first-order chi connectivity index (χ1) is 12.3. The summed E-state index contributed by atoms with van der Waals surface area (Å²) in [6, 6.07) is 2.81. The maximum absolute atomic E-state index is 12.9. The predicted molar refractivity (Wildman–Crippen MR) is 93.1 cm³/mol. The van der Waals surface area contributed by atoms with Crippen LogP contribution in [0, 0.1) is 6.92 Å². The zero-order valence-electron chi connectivity index (χ0n) is 15.8. The molecule has 8 nitrogen and oxygen atoms in total. The van der Waals surface area contributed by atoms with Gasteiger partial charge in [-0.3, -0.25) is 4.79 Å². The molecule has 0 saturated heterocycles. The fraction of sp³-hybridized carbons (Fsp3) is 0.529. The third-order valence-electron chi connectivity index (χ3n) is 3.19. The molecule has 1 rings (SSSR count).